The van der Waals surface area contributed by atoms with Gasteiger partial charge in [-0.05, 0) is 26.8 Å². The van der Waals surface area contributed by atoms with Crippen LogP contribution in [0.25, 0.3) is 0 Å². The SMILES string of the molecule is CC(C)(C)OC(=O)C(O)N1C=CC=CC1. The van der Waals surface area contributed by atoms with Crippen molar-refractivity contribution in [1.29, 1.82) is 0 Å². The molecule has 0 saturated heterocycles. The van der Waals surface area contributed by atoms with E-state index in [0.717, 1.165) is 0 Å². The molecule has 0 amide bonds. The van der Waals surface area contributed by atoms with Crippen molar-refractivity contribution in [2.45, 2.75) is 32.6 Å². The molecule has 1 atom stereocenters. The molecule has 0 aromatic heterocycles. The molecule has 4 heteroatoms. The van der Waals surface area contributed by atoms with Crippen LogP contribution in [0.4, 0.5) is 0 Å². The number of allylic oxidation sites excluding steroid dienone is 2. The van der Waals surface area contributed by atoms with E-state index >= 15 is 0 Å². The van der Waals surface area contributed by atoms with E-state index in [1.165, 1.54) is 4.90 Å². The fourth-order valence-electron chi connectivity index (χ4n) is 1.15. The fourth-order valence-corrected chi connectivity index (χ4v) is 1.15. The van der Waals surface area contributed by atoms with Crippen molar-refractivity contribution in [3.8, 4) is 0 Å². The van der Waals surface area contributed by atoms with Crippen LogP contribution in [0.3, 0.4) is 0 Å². The highest BCUT2D eigenvalue weighted by molar-refractivity contribution is 5.74. The number of aliphatic hydroxyl groups is 1. The van der Waals surface area contributed by atoms with Gasteiger partial charge in [-0.1, -0.05) is 12.2 Å². The Kier molecular flexibility index (Phi) is 3.52. The first kappa shape index (κ1) is 11.8. The summed E-state index contributed by atoms with van der Waals surface area (Å²) in [4.78, 5) is 13.0. The Morgan fingerprint density at radius 3 is 2.60 bits per heavy atom. The second-order valence-electron chi connectivity index (χ2n) is 4.37. The third-order valence-corrected chi connectivity index (χ3v) is 1.77. The Morgan fingerprint density at radius 2 is 2.13 bits per heavy atom. The minimum atomic E-state index is -1.23. The summed E-state index contributed by atoms with van der Waals surface area (Å²) in [6.45, 7) is 5.81. The third kappa shape index (κ3) is 3.75. The first-order valence-corrected chi connectivity index (χ1v) is 4.90. The smallest absolute Gasteiger partial charge is 0.356 e. The van der Waals surface area contributed by atoms with Crippen LogP contribution in [0.2, 0.25) is 0 Å². The van der Waals surface area contributed by atoms with Crippen molar-refractivity contribution in [3.05, 3.63) is 24.4 Å². The first-order valence-electron chi connectivity index (χ1n) is 4.90. The molecular weight excluding hydrogens is 194 g/mol. The van der Waals surface area contributed by atoms with Gasteiger partial charge in [0.25, 0.3) is 0 Å². The monoisotopic (exact) mass is 211 g/mol. The van der Waals surface area contributed by atoms with E-state index in [2.05, 4.69) is 0 Å². The quantitative estimate of drug-likeness (QED) is 0.693. The van der Waals surface area contributed by atoms with Crippen molar-refractivity contribution in [3.63, 3.8) is 0 Å². The first-order chi connectivity index (χ1) is 6.90. The van der Waals surface area contributed by atoms with Crippen LogP contribution in [0.5, 0.6) is 0 Å². The Bertz CT molecular complexity index is 289. The second-order valence-corrected chi connectivity index (χ2v) is 4.37. The maximum Gasteiger partial charge on any atom is 0.356 e. The maximum atomic E-state index is 11.5. The van der Waals surface area contributed by atoms with Crippen molar-refractivity contribution in [2.24, 2.45) is 0 Å². The standard InChI is InChI=1S/C11H17NO3/c1-11(2,3)15-10(14)9(13)12-7-5-4-6-8-12/h4-7,9,13H,8H2,1-3H3. The van der Waals surface area contributed by atoms with Crippen LogP contribution < -0.4 is 0 Å². The van der Waals surface area contributed by atoms with Gasteiger partial charge < -0.3 is 14.7 Å². The Balaban J connectivity index is 2.53. The van der Waals surface area contributed by atoms with Gasteiger partial charge in [-0.3, -0.25) is 0 Å². The molecule has 4 nitrogen and oxygen atoms in total. The summed E-state index contributed by atoms with van der Waals surface area (Å²) in [6, 6.07) is 0. The van der Waals surface area contributed by atoms with Gasteiger partial charge in [0.1, 0.15) is 5.60 Å². The van der Waals surface area contributed by atoms with E-state index < -0.39 is 17.8 Å². The van der Waals surface area contributed by atoms with Gasteiger partial charge in [-0.25, -0.2) is 4.79 Å². The van der Waals surface area contributed by atoms with Crippen molar-refractivity contribution in [1.82, 2.24) is 4.90 Å². The van der Waals surface area contributed by atoms with Gasteiger partial charge in [0.05, 0.1) is 0 Å². The van der Waals surface area contributed by atoms with Crippen LogP contribution in [0, 0.1) is 0 Å². The van der Waals surface area contributed by atoms with Crippen LogP contribution in [-0.2, 0) is 9.53 Å². The second kappa shape index (κ2) is 4.49. The summed E-state index contributed by atoms with van der Waals surface area (Å²) < 4.78 is 5.06. The fraction of sp³-hybridized carbons (Fsp3) is 0.545. The number of aliphatic hydroxyl groups excluding tert-OH is 1. The van der Waals surface area contributed by atoms with Gasteiger partial charge in [-0.15, -0.1) is 0 Å². The molecule has 84 valence electrons. The summed E-state index contributed by atoms with van der Waals surface area (Å²) in [6.07, 6.45) is 5.91. The molecule has 0 saturated carbocycles. The van der Waals surface area contributed by atoms with Gasteiger partial charge in [0.15, 0.2) is 0 Å². The number of hydrogen-bond acceptors (Lipinski definition) is 4. The van der Waals surface area contributed by atoms with Gasteiger partial charge in [-0.2, -0.15) is 0 Å². The molecule has 1 rings (SSSR count). The third-order valence-electron chi connectivity index (χ3n) is 1.77. The number of carbonyl (C=O) groups is 1. The van der Waals surface area contributed by atoms with Crippen molar-refractivity contribution in [2.75, 3.05) is 6.54 Å². The van der Waals surface area contributed by atoms with E-state index in [1.54, 1.807) is 33.0 Å². The van der Waals surface area contributed by atoms with Crippen LogP contribution in [0.1, 0.15) is 20.8 Å². The van der Waals surface area contributed by atoms with E-state index in [1.807, 2.05) is 12.2 Å². The van der Waals surface area contributed by atoms with Crippen molar-refractivity contribution >= 4 is 5.97 Å². The van der Waals surface area contributed by atoms with Crippen LogP contribution in [0.15, 0.2) is 24.4 Å². The van der Waals surface area contributed by atoms with Crippen molar-refractivity contribution < 1.29 is 14.6 Å². The van der Waals surface area contributed by atoms with E-state index in [-0.39, 0.29) is 0 Å². The summed E-state index contributed by atoms with van der Waals surface area (Å²) >= 11 is 0. The highest BCUT2D eigenvalue weighted by atomic mass is 16.6. The predicted octanol–water partition coefficient (Wildman–Crippen LogP) is 1.03. The largest absolute Gasteiger partial charge is 0.457 e. The lowest BCUT2D eigenvalue weighted by Gasteiger charge is -2.28. The molecule has 1 N–H and O–H groups in total. The minimum Gasteiger partial charge on any atom is -0.457 e. The molecule has 0 radical (unpaired) electrons. The summed E-state index contributed by atoms with van der Waals surface area (Å²) in [5.41, 5.74) is -0.576. The number of nitrogens with zero attached hydrogens (tertiary/aromatic N) is 1. The highest BCUT2D eigenvalue weighted by Crippen LogP contribution is 2.11. The number of ether oxygens (including phenoxy) is 1. The predicted molar refractivity (Wildman–Crippen MR) is 56.8 cm³/mol. The van der Waals surface area contributed by atoms with Gasteiger partial charge in [0, 0.05) is 12.7 Å². The van der Waals surface area contributed by atoms with E-state index in [9.17, 15) is 9.90 Å². The average Bonchev–Trinajstić information content (AvgIpc) is 2.15. The highest BCUT2D eigenvalue weighted by Gasteiger charge is 2.26. The molecule has 0 aromatic carbocycles. The minimum absolute atomic E-state index is 0.511. The molecule has 0 aromatic rings. The molecule has 15 heavy (non-hydrogen) atoms. The zero-order chi connectivity index (χ0) is 11.5. The Labute approximate surface area is 89.8 Å². The molecule has 0 aliphatic carbocycles. The lowest BCUT2D eigenvalue weighted by atomic mass is 10.2. The summed E-state index contributed by atoms with van der Waals surface area (Å²) in [5.74, 6) is -0.623. The lowest BCUT2D eigenvalue weighted by Crippen LogP contribution is -2.42. The normalized spacial score (nSPS) is 17.7. The molecule has 1 aliphatic heterocycles. The molecule has 0 bridgehead atoms. The van der Waals surface area contributed by atoms with Crippen LogP contribution in [-0.4, -0.2) is 34.3 Å². The Morgan fingerprint density at radius 1 is 1.47 bits per heavy atom. The average molecular weight is 211 g/mol. The maximum absolute atomic E-state index is 11.5. The number of rotatable bonds is 2. The molecular formula is C11H17NO3. The Hall–Kier alpha value is -1.29. The molecule has 0 fully saturated rings. The summed E-state index contributed by atoms with van der Waals surface area (Å²) in [7, 11) is 0. The lowest BCUT2D eigenvalue weighted by molar-refractivity contribution is -0.173. The van der Waals surface area contributed by atoms with Crippen LogP contribution >= 0.6 is 0 Å². The van der Waals surface area contributed by atoms with Gasteiger partial charge >= 0.3 is 5.97 Å². The zero-order valence-electron chi connectivity index (χ0n) is 9.30. The van der Waals surface area contributed by atoms with Gasteiger partial charge in [0.2, 0.25) is 6.23 Å². The summed E-state index contributed by atoms with van der Waals surface area (Å²) in [5, 5.41) is 9.67. The molecule has 1 unspecified atom stereocenters. The topological polar surface area (TPSA) is 49.8 Å². The van der Waals surface area contributed by atoms with E-state index in [0.29, 0.717) is 6.54 Å². The molecule has 1 heterocycles. The van der Waals surface area contributed by atoms with E-state index in [4.69, 9.17) is 4.74 Å². The number of carbonyl (C=O) groups excluding carboxylic acids is 1. The molecule has 1 aliphatic rings. The number of esters is 1. The number of hydrogen-bond donors (Lipinski definition) is 1. The molecule has 0 spiro atoms. The zero-order valence-corrected chi connectivity index (χ0v) is 9.30.